The lowest BCUT2D eigenvalue weighted by atomic mass is 9.72. The van der Waals surface area contributed by atoms with Crippen LogP contribution >= 0.6 is 0 Å². The fraction of sp³-hybridized carbons (Fsp3) is 0.500. The van der Waals surface area contributed by atoms with Crippen LogP contribution in [0.2, 0.25) is 0 Å². The number of carbonyl (C=O) groups is 1. The van der Waals surface area contributed by atoms with Crippen LogP contribution in [0.25, 0.3) is 0 Å². The molecule has 0 spiro atoms. The monoisotopic (exact) mass is 346 g/mol. The Labute approximate surface area is 141 Å². The highest BCUT2D eigenvalue weighted by Gasteiger charge is 2.51. The van der Waals surface area contributed by atoms with Gasteiger partial charge in [-0.3, -0.25) is 19.6 Å². The van der Waals surface area contributed by atoms with E-state index in [1.54, 1.807) is 0 Å². The molecule has 1 saturated carbocycles. The Morgan fingerprint density at radius 2 is 2.24 bits per heavy atom. The van der Waals surface area contributed by atoms with Crippen LogP contribution in [0.3, 0.4) is 0 Å². The Hall–Kier alpha value is -2.84. The zero-order valence-electron chi connectivity index (χ0n) is 13.5. The Kier molecular flexibility index (Phi) is 3.70. The lowest BCUT2D eigenvalue weighted by molar-refractivity contribution is 0.0244. The molecule has 0 radical (unpaired) electrons. The van der Waals surface area contributed by atoms with E-state index < -0.39 is 16.9 Å². The summed E-state index contributed by atoms with van der Waals surface area (Å²) in [6, 6.07) is 0. The number of aromatic amines is 2. The molecule has 2 aromatic heterocycles. The molecule has 0 saturated heterocycles. The van der Waals surface area contributed by atoms with E-state index in [4.69, 9.17) is 9.15 Å². The molecule has 1 aliphatic heterocycles. The van der Waals surface area contributed by atoms with Crippen LogP contribution in [0.1, 0.15) is 54.1 Å². The highest BCUT2D eigenvalue weighted by Crippen LogP contribution is 2.51. The molecule has 132 valence electrons. The summed E-state index contributed by atoms with van der Waals surface area (Å²) in [5, 5.41) is 2.78. The first kappa shape index (κ1) is 15.7. The molecule has 25 heavy (non-hydrogen) atoms. The van der Waals surface area contributed by atoms with E-state index in [9.17, 15) is 14.4 Å². The van der Waals surface area contributed by atoms with Crippen molar-refractivity contribution in [3.63, 3.8) is 0 Å². The van der Waals surface area contributed by atoms with Gasteiger partial charge in [0.2, 0.25) is 11.6 Å². The summed E-state index contributed by atoms with van der Waals surface area (Å²) in [5.41, 5.74) is -1.03. The number of oxazole rings is 1. The van der Waals surface area contributed by atoms with Crippen LogP contribution in [-0.4, -0.2) is 33.0 Å². The van der Waals surface area contributed by atoms with E-state index in [1.807, 2.05) is 0 Å². The zero-order chi connectivity index (χ0) is 17.4. The molecular weight excluding hydrogens is 328 g/mol. The van der Waals surface area contributed by atoms with Crippen LogP contribution in [0.15, 0.2) is 26.6 Å². The van der Waals surface area contributed by atoms with Crippen molar-refractivity contribution in [2.24, 2.45) is 0 Å². The van der Waals surface area contributed by atoms with Crippen molar-refractivity contribution in [1.82, 2.24) is 20.3 Å². The highest BCUT2D eigenvalue weighted by molar-refractivity contribution is 5.90. The summed E-state index contributed by atoms with van der Waals surface area (Å²) in [6.07, 6.45) is 6.64. The maximum absolute atomic E-state index is 12.2. The van der Waals surface area contributed by atoms with Crippen molar-refractivity contribution in [2.75, 3.05) is 6.54 Å². The molecule has 1 fully saturated rings. The average Bonchev–Trinajstić information content (AvgIpc) is 3.20. The Bertz CT molecular complexity index is 900. The number of hydrogen-bond donors (Lipinski definition) is 3. The van der Waals surface area contributed by atoms with Crippen LogP contribution in [-0.2, 0) is 0 Å². The van der Waals surface area contributed by atoms with Gasteiger partial charge < -0.3 is 14.5 Å². The van der Waals surface area contributed by atoms with Gasteiger partial charge in [-0.1, -0.05) is 6.42 Å². The maximum Gasteiger partial charge on any atom is 0.328 e. The Balaban J connectivity index is 1.53. The third kappa shape index (κ3) is 2.65. The topological polar surface area (TPSA) is 130 Å². The van der Waals surface area contributed by atoms with Gasteiger partial charge in [0, 0.05) is 18.9 Å². The van der Waals surface area contributed by atoms with Crippen LogP contribution in [0.5, 0.6) is 5.88 Å². The summed E-state index contributed by atoms with van der Waals surface area (Å²) in [7, 11) is 0. The first-order valence-corrected chi connectivity index (χ1v) is 8.31. The van der Waals surface area contributed by atoms with Gasteiger partial charge in [0.25, 0.3) is 11.5 Å². The lowest BCUT2D eigenvalue weighted by Crippen LogP contribution is -2.44. The summed E-state index contributed by atoms with van der Waals surface area (Å²) in [6.45, 7) is 0.367. The minimum absolute atomic E-state index is 0.0842. The highest BCUT2D eigenvalue weighted by atomic mass is 16.5. The number of amides is 1. The van der Waals surface area contributed by atoms with Crippen molar-refractivity contribution >= 4 is 5.91 Å². The molecule has 2 aromatic rings. The SMILES string of the molecule is O=C(NCC[C@@]12CCCC[C@@H]1c1c([nH]c(=O)[nH]c1=O)O2)c1cnco1. The smallest absolute Gasteiger partial charge is 0.328 e. The third-order valence-electron chi connectivity index (χ3n) is 5.06. The standard InChI is InChI=1S/C16H18N4O5/c21-12(10-7-17-8-24-10)18-6-5-16-4-2-1-3-9(16)11-13(22)19-15(23)20-14(11)25-16/h7-9H,1-6H2,(H,18,21)(H2,19,20,22,23)/t9-,16+/m1/s1. The maximum atomic E-state index is 12.2. The van der Waals surface area contributed by atoms with Crippen molar-refractivity contribution < 1.29 is 13.9 Å². The van der Waals surface area contributed by atoms with Gasteiger partial charge in [-0.05, 0) is 19.3 Å². The summed E-state index contributed by atoms with van der Waals surface area (Å²) in [5.74, 6) is -0.0154. The van der Waals surface area contributed by atoms with E-state index in [2.05, 4.69) is 20.3 Å². The predicted molar refractivity (Wildman–Crippen MR) is 85.7 cm³/mol. The zero-order valence-corrected chi connectivity index (χ0v) is 13.5. The van der Waals surface area contributed by atoms with Crippen LogP contribution in [0.4, 0.5) is 0 Å². The molecule has 3 heterocycles. The van der Waals surface area contributed by atoms with Gasteiger partial charge in [0.1, 0.15) is 5.60 Å². The molecule has 0 bridgehead atoms. The van der Waals surface area contributed by atoms with Crippen molar-refractivity contribution in [3.8, 4) is 5.88 Å². The van der Waals surface area contributed by atoms with Crippen molar-refractivity contribution in [1.29, 1.82) is 0 Å². The van der Waals surface area contributed by atoms with Crippen molar-refractivity contribution in [2.45, 2.75) is 43.6 Å². The van der Waals surface area contributed by atoms with Gasteiger partial charge >= 0.3 is 5.69 Å². The number of nitrogens with one attached hydrogen (secondary N) is 3. The minimum Gasteiger partial charge on any atom is -0.471 e. The summed E-state index contributed by atoms with van der Waals surface area (Å²) in [4.78, 5) is 44.3. The fourth-order valence-corrected chi connectivity index (χ4v) is 3.97. The molecule has 2 aliphatic rings. The first-order chi connectivity index (χ1) is 12.1. The molecular formula is C16H18N4O5. The third-order valence-corrected chi connectivity index (χ3v) is 5.06. The number of H-pyrrole nitrogens is 2. The molecule has 9 heteroatoms. The van der Waals surface area contributed by atoms with Gasteiger partial charge in [0.15, 0.2) is 6.39 Å². The van der Waals surface area contributed by atoms with E-state index in [0.717, 1.165) is 25.7 Å². The van der Waals surface area contributed by atoms with Gasteiger partial charge in [-0.25, -0.2) is 9.78 Å². The number of aromatic nitrogens is 3. The number of carbonyl (C=O) groups excluding carboxylic acids is 1. The average molecular weight is 346 g/mol. The molecule has 4 rings (SSSR count). The predicted octanol–water partition coefficient (Wildman–Crippen LogP) is 0.660. The minimum atomic E-state index is -0.577. The lowest BCUT2D eigenvalue weighted by Gasteiger charge is -2.38. The largest absolute Gasteiger partial charge is 0.471 e. The molecule has 3 N–H and O–H groups in total. The summed E-state index contributed by atoms with van der Waals surface area (Å²) < 4.78 is 11.0. The van der Waals surface area contributed by atoms with Crippen LogP contribution < -0.4 is 21.3 Å². The molecule has 1 aliphatic carbocycles. The van der Waals surface area contributed by atoms with E-state index in [0.29, 0.717) is 18.5 Å². The first-order valence-electron chi connectivity index (χ1n) is 8.31. The number of hydrogen-bond acceptors (Lipinski definition) is 6. The van der Waals surface area contributed by atoms with Crippen molar-refractivity contribution in [3.05, 3.63) is 44.8 Å². The number of ether oxygens (including phenoxy) is 1. The molecule has 9 nitrogen and oxygen atoms in total. The molecule has 0 unspecified atom stereocenters. The molecule has 0 aromatic carbocycles. The second-order valence-corrected chi connectivity index (χ2v) is 6.49. The second kappa shape index (κ2) is 5.91. The Morgan fingerprint density at radius 1 is 1.36 bits per heavy atom. The second-order valence-electron chi connectivity index (χ2n) is 6.49. The van der Waals surface area contributed by atoms with Gasteiger partial charge in [-0.15, -0.1) is 0 Å². The quantitative estimate of drug-likeness (QED) is 0.745. The number of fused-ring (bicyclic) bond motifs is 3. The van der Waals surface area contributed by atoms with E-state index in [1.165, 1.54) is 12.6 Å². The normalized spacial score (nSPS) is 24.2. The Morgan fingerprint density at radius 3 is 3.04 bits per heavy atom. The summed E-state index contributed by atoms with van der Waals surface area (Å²) >= 11 is 0. The van der Waals surface area contributed by atoms with E-state index in [-0.39, 0.29) is 23.5 Å². The van der Waals surface area contributed by atoms with Gasteiger partial charge in [0.05, 0.1) is 11.8 Å². The van der Waals surface area contributed by atoms with Gasteiger partial charge in [-0.2, -0.15) is 0 Å². The van der Waals surface area contributed by atoms with E-state index >= 15 is 0 Å². The molecule has 2 atom stereocenters. The number of nitrogens with zero attached hydrogens (tertiary/aromatic N) is 1. The fourth-order valence-electron chi connectivity index (χ4n) is 3.97. The number of rotatable bonds is 4. The van der Waals surface area contributed by atoms with Crippen LogP contribution in [0, 0.1) is 0 Å². The molecule has 1 amide bonds.